The Morgan fingerprint density at radius 3 is 2.35 bits per heavy atom. The van der Waals surface area contributed by atoms with E-state index in [9.17, 15) is 22.4 Å². The lowest BCUT2D eigenvalue weighted by Gasteiger charge is -2.52. The molecule has 1 aromatic rings. The molecular weight excluding hydrogens is 499 g/mol. The molecule has 2 aliphatic rings. The third-order valence-corrected chi connectivity index (χ3v) is 8.62. The van der Waals surface area contributed by atoms with E-state index in [2.05, 4.69) is 16.6 Å². The van der Waals surface area contributed by atoms with Gasteiger partial charge in [-0.1, -0.05) is 38.3 Å². The number of benzene rings is 1. The lowest BCUT2D eigenvalue weighted by molar-refractivity contribution is 0.0564. The Bertz CT molecular complexity index is 1140. The Balaban J connectivity index is 1.79. The molecule has 9 nitrogen and oxygen atoms in total. The van der Waals surface area contributed by atoms with Gasteiger partial charge in [0.15, 0.2) is 0 Å². The maximum atomic E-state index is 13.6. The molecule has 3 N–H and O–H groups in total. The molecule has 206 valence electrons. The van der Waals surface area contributed by atoms with Crippen LogP contribution in [-0.2, 0) is 28.0 Å². The van der Waals surface area contributed by atoms with Crippen LogP contribution in [0, 0.1) is 11.2 Å². The van der Waals surface area contributed by atoms with Crippen molar-refractivity contribution in [1.29, 1.82) is 0 Å². The summed E-state index contributed by atoms with van der Waals surface area (Å²) in [5, 5.41) is 3.02. The highest BCUT2D eigenvalue weighted by Gasteiger charge is 2.52. The summed E-state index contributed by atoms with van der Waals surface area (Å²) in [6.07, 6.45) is 4.08. The van der Waals surface area contributed by atoms with Gasteiger partial charge in [0.2, 0.25) is 0 Å². The summed E-state index contributed by atoms with van der Waals surface area (Å²) < 4.78 is 49.6. The van der Waals surface area contributed by atoms with E-state index in [1.165, 1.54) is 12.1 Å². The van der Waals surface area contributed by atoms with Gasteiger partial charge in [-0.05, 0) is 63.8 Å². The Morgan fingerprint density at radius 1 is 1.14 bits per heavy atom. The number of halogens is 1. The second-order valence-electron chi connectivity index (χ2n) is 11.3. The van der Waals surface area contributed by atoms with Gasteiger partial charge in [-0.15, -0.1) is 6.58 Å². The number of carbonyl (C=O) groups excluding carboxylic acids is 2. The van der Waals surface area contributed by atoms with Crippen LogP contribution in [-0.4, -0.2) is 42.6 Å². The first-order valence-corrected chi connectivity index (χ1v) is 14.1. The zero-order chi connectivity index (χ0) is 27.6. The van der Waals surface area contributed by atoms with Crippen LogP contribution in [0.5, 0.6) is 0 Å². The number of fused-ring (bicyclic) bond motifs is 1. The quantitative estimate of drug-likeness (QED) is 0.442. The van der Waals surface area contributed by atoms with Gasteiger partial charge in [-0.25, -0.2) is 18.7 Å². The van der Waals surface area contributed by atoms with Crippen LogP contribution >= 0.6 is 0 Å². The van der Waals surface area contributed by atoms with E-state index in [1.807, 2.05) is 18.6 Å². The van der Waals surface area contributed by atoms with Crippen molar-refractivity contribution >= 4 is 22.3 Å². The third kappa shape index (κ3) is 6.62. The highest BCUT2D eigenvalue weighted by molar-refractivity contribution is 7.88. The van der Waals surface area contributed by atoms with Crippen molar-refractivity contribution in [3.05, 3.63) is 47.8 Å². The summed E-state index contributed by atoms with van der Waals surface area (Å²) in [4.78, 5) is 27.0. The summed E-state index contributed by atoms with van der Waals surface area (Å²) in [6.45, 7) is 13.3. The highest BCUT2D eigenvalue weighted by atomic mass is 32.2. The van der Waals surface area contributed by atoms with Crippen molar-refractivity contribution in [2.45, 2.75) is 97.0 Å². The zero-order valence-electron chi connectivity index (χ0n) is 22.3. The number of urea groups is 1. The van der Waals surface area contributed by atoms with Gasteiger partial charge < -0.3 is 15.0 Å². The van der Waals surface area contributed by atoms with Gasteiger partial charge in [0.05, 0.1) is 0 Å². The number of hydrogen-bond donors (Lipinski definition) is 3. The molecule has 1 fully saturated rings. The first kappa shape index (κ1) is 28.9. The maximum Gasteiger partial charge on any atom is 0.422 e. The molecule has 0 saturated heterocycles. The predicted molar refractivity (Wildman–Crippen MR) is 139 cm³/mol. The molecule has 0 spiro atoms. The first-order valence-electron chi connectivity index (χ1n) is 12.6. The maximum absolute atomic E-state index is 13.6. The van der Waals surface area contributed by atoms with Gasteiger partial charge in [0, 0.05) is 30.1 Å². The minimum Gasteiger partial charge on any atom is -0.443 e. The molecule has 2 atom stereocenters. The molecule has 0 aromatic heterocycles. The summed E-state index contributed by atoms with van der Waals surface area (Å²) >= 11 is 0. The van der Waals surface area contributed by atoms with Gasteiger partial charge >= 0.3 is 22.3 Å². The number of nitrogens with one attached hydrogen (secondary N) is 3. The minimum absolute atomic E-state index is 0.286. The Hall–Kier alpha value is -2.66. The average Bonchev–Trinajstić information content (AvgIpc) is 3.20. The summed E-state index contributed by atoms with van der Waals surface area (Å²) in [5.74, 6) is -0.347. The number of ether oxygens (including phenoxy) is 1. The third-order valence-electron chi connectivity index (χ3n) is 7.53. The fourth-order valence-corrected chi connectivity index (χ4v) is 6.57. The Labute approximate surface area is 219 Å². The van der Waals surface area contributed by atoms with Crippen molar-refractivity contribution in [1.82, 2.24) is 19.7 Å². The standard InChI is InChI=1S/C26H39FN4O5S/c1-7-25(6,18(2)28-22(32)31-16-19-11-12-21(27)15-20(19)17-31)26(13-9-8-10-14-26)30-37(34,35)29-23(33)36-24(3,4)5/h7,11-12,15,18,30H,1,8-10,13-14,16-17H2,2-6H3,(H,28,32)(H,29,33)/t18-,25?/m0/s1. The molecule has 0 bridgehead atoms. The molecule has 1 saturated carbocycles. The smallest absolute Gasteiger partial charge is 0.422 e. The summed E-state index contributed by atoms with van der Waals surface area (Å²) in [7, 11) is -4.30. The van der Waals surface area contributed by atoms with Gasteiger partial charge in [0.1, 0.15) is 11.4 Å². The fourth-order valence-electron chi connectivity index (χ4n) is 5.32. The van der Waals surface area contributed by atoms with Crippen LogP contribution in [0.1, 0.15) is 77.8 Å². The van der Waals surface area contributed by atoms with Crippen LogP contribution in [0.4, 0.5) is 14.0 Å². The molecule has 37 heavy (non-hydrogen) atoms. The van der Waals surface area contributed by atoms with Crippen LogP contribution in [0.25, 0.3) is 0 Å². The SMILES string of the molecule is C=CC(C)([C@H](C)NC(=O)N1Cc2ccc(F)cc2C1)C1(NS(=O)(=O)NC(=O)OC(C)(C)C)CCCCC1. The number of hydrogen-bond acceptors (Lipinski definition) is 5. The van der Waals surface area contributed by atoms with Crippen LogP contribution in [0.15, 0.2) is 30.9 Å². The molecule has 3 amide bonds. The van der Waals surface area contributed by atoms with E-state index in [0.717, 1.165) is 30.4 Å². The van der Waals surface area contributed by atoms with E-state index in [0.29, 0.717) is 19.4 Å². The van der Waals surface area contributed by atoms with Gasteiger partial charge in [-0.2, -0.15) is 13.1 Å². The highest BCUT2D eigenvalue weighted by Crippen LogP contribution is 2.46. The number of amides is 3. The molecule has 1 aliphatic heterocycles. The normalized spacial score (nSPS) is 19.8. The van der Waals surface area contributed by atoms with E-state index in [-0.39, 0.29) is 18.4 Å². The molecule has 3 rings (SSSR count). The van der Waals surface area contributed by atoms with E-state index in [4.69, 9.17) is 4.74 Å². The lowest BCUT2D eigenvalue weighted by atomic mass is 9.61. The first-order chi connectivity index (χ1) is 17.1. The molecular formula is C26H39FN4O5S. The predicted octanol–water partition coefficient (Wildman–Crippen LogP) is 4.49. The number of carbonyl (C=O) groups is 2. The molecule has 1 unspecified atom stereocenters. The topological polar surface area (TPSA) is 117 Å². The van der Waals surface area contributed by atoms with Crippen LogP contribution < -0.4 is 14.8 Å². The van der Waals surface area contributed by atoms with Crippen molar-refractivity contribution in [3.8, 4) is 0 Å². The van der Waals surface area contributed by atoms with Gasteiger partial charge in [-0.3, -0.25) is 0 Å². The monoisotopic (exact) mass is 538 g/mol. The van der Waals surface area contributed by atoms with Gasteiger partial charge in [0.25, 0.3) is 0 Å². The largest absolute Gasteiger partial charge is 0.443 e. The Kier molecular flexibility index (Phi) is 8.28. The van der Waals surface area contributed by atoms with Crippen molar-refractivity contribution < 1.29 is 27.1 Å². The molecule has 1 aromatic carbocycles. The Morgan fingerprint density at radius 2 is 1.76 bits per heavy atom. The minimum atomic E-state index is -4.30. The summed E-state index contributed by atoms with van der Waals surface area (Å²) in [6, 6.07) is 3.63. The lowest BCUT2D eigenvalue weighted by Crippen LogP contribution is -2.67. The van der Waals surface area contributed by atoms with Crippen molar-refractivity contribution in [3.63, 3.8) is 0 Å². The van der Waals surface area contributed by atoms with Crippen LogP contribution in [0.3, 0.4) is 0 Å². The second-order valence-corrected chi connectivity index (χ2v) is 12.7. The van der Waals surface area contributed by atoms with Crippen LogP contribution in [0.2, 0.25) is 0 Å². The van der Waals surface area contributed by atoms with Crippen molar-refractivity contribution in [2.75, 3.05) is 0 Å². The number of rotatable bonds is 7. The fraction of sp³-hybridized carbons (Fsp3) is 0.615. The molecule has 0 radical (unpaired) electrons. The zero-order valence-corrected chi connectivity index (χ0v) is 23.1. The van der Waals surface area contributed by atoms with E-state index >= 15 is 0 Å². The molecule has 1 aliphatic carbocycles. The van der Waals surface area contributed by atoms with Crippen molar-refractivity contribution in [2.24, 2.45) is 5.41 Å². The number of nitrogens with zero attached hydrogens (tertiary/aromatic N) is 1. The summed E-state index contributed by atoms with van der Waals surface area (Å²) in [5.41, 5.74) is -1.13. The van der Waals surface area contributed by atoms with E-state index in [1.54, 1.807) is 37.8 Å². The second kappa shape index (κ2) is 10.6. The molecule has 11 heteroatoms. The average molecular weight is 539 g/mol. The molecule has 1 heterocycles. The van der Waals surface area contributed by atoms with E-state index < -0.39 is 38.9 Å².